The first-order chi connectivity index (χ1) is 11.3. The quantitative estimate of drug-likeness (QED) is 0.219. The Morgan fingerprint density at radius 2 is 1.75 bits per heavy atom. The van der Waals surface area contributed by atoms with Gasteiger partial charge in [0.15, 0.2) is 5.96 Å². The van der Waals surface area contributed by atoms with Crippen LogP contribution in [0.3, 0.4) is 0 Å². The number of halogens is 1. The number of nitrogens with zero attached hydrogens (tertiary/aromatic N) is 1. The SMILES string of the molecule is CN=C(NCCSc1ccccc1)NCc1ccc(OC)cc1.I. The molecule has 0 spiro atoms. The summed E-state index contributed by atoms with van der Waals surface area (Å²) in [5.41, 5.74) is 1.19. The predicted molar refractivity (Wildman–Crippen MR) is 114 cm³/mol. The summed E-state index contributed by atoms with van der Waals surface area (Å²) in [6, 6.07) is 18.4. The van der Waals surface area contributed by atoms with E-state index in [2.05, 4.69) is 39.9 Å². The largest absolute Gasteiger partial charge is 0.497 e. The van der Waals surface area contributed by atoms with Gasteiger partial charge in [-0.2, -0.15) is 0 Å². The highest BCUT2D eigenvalue weighted by atomic mass is 127. The summed E-state index contributed by atoms with van der Waals surface area (Å²) in [4.78, 5) is 5.53. The van der Waals surface area contributed by atoms with E-state index in [1.807, 2.05) is 42.1 Å². The van der Waals surface area contributed by atoms with E-state index in [0.29, 0.717) is 0 Å². The van der Waals surface area contributed by atoms with Crippen molar-refractivity contribution in [3.8, 4) is 5.75 Å². The monoisotopic (exact) mass is 457 g/mol. The number of thioether (sulfide) groups is 1. The minimum atomic E-state index is 0. The van der Waals surface area contributed by atoms with Gasteiger partial charge in [0.05, 0.1) is 7.11 Å². The summed E-state index contributed by atoms with van der Waals surface area (Å²) in [5.74, 6) is 2.68. The minimum Gasteiger partial charge on any atom is -0.497 e. The number of aliphatic imine (C=N–C) groups is 1. The molecule has 0 amide bonds. The fraction of sp³-hybridized carbons (Fsp3) is 0.278. The van der Waals surface area contributed by atoms with E-state index in [0.717, 1.165) is 30.6 Å². The Labute approximate surface area is 165 Å². The molecule has 0 saturated heterocycles. The van der Waals surface area contributed by atoms with Gasteiger partial charge >= 0.3 is 0 Å². The number of hydrogen-bond donors (Lipinski definition) is 2. The lowest BCUT2D eigenvalue weighted by atomic mass is 10.2. The Morgan fingerprint density at radius 1 is 1.04 bits per heavy atom. The number of nitrogens with one attached hydrogen (secondary N) is 2. The number of benzene rings is 2. The summed E-state index contributed by atoms with van der Waals surface area (Å²) in [5, 5.41) is 6.64. The van der Waals surface area contributed by atoms with Crippen LogP contribution in [0.2, 0.25) is 0 Å². The van der Waals surface area contributed by atoms with Crippen molar-refractivity contribution < 1.29 is 4.74 Å². The molecule has 0 unspecified atom stereocenters. The maximum Gasteiger partial charge on any atom is 0.191 e. The zero-order valence-corrected chi connectivity index (χ0v) is 17.1. The molecular weight excluding hydrogens is 433 g/mol. The normalized spacial score (nSPS) is 10.7. The van der Waals surface area contributed by atoms with E-state index in [1.54, 1.807) is 14.2 Å². The average molecular weight is 457 g/mol. The summed E-state index contributed by atoms with van der Waals surface area (Å²) in [6.07, 6.45) is 0. The van der Waals surface area contributed by atoms with Crippen molar-refractivity contribution in [1.82, 2.24) is 10.6 Å². The molecule has 0 radical (unpaired) electrons. The van der Waals surface area contributed by atoms with E-state index >= 15 is 0 Å². The lowest BCUT2D eigenvalue weighted by Gasteiger charge is -2.12. The van der Waals surface area contributed by atoms with Crippen molar-refractivity contribution >= 4 is 41.7 Å². The molecule has 0 aliphatic carbocycles. The van der Waals surface area contributed by atoms with Crippen molar-refractivity contribution in [3.63, 3.8) is 0 Å². The second kappa shape index (κ2) is 12.0. The third-order valence-corrected chi connectivity index (χ3v) is 4.26. The highest BCUT2D eigenvalue weighted by Gasteiger charge is 1.99. The number of hydrogen-bond acceptors (Lipinski definition) is 3. The minimum absolute atomic E-state index is 0. The van der Waals surface area contributed by atoms with Crippen LogP contribution in [0, 0.1) is 0 Å². The highest BCUT2D eigenvalue weighted by molar-refractivity contribution is 14.0. The Morgan fingerprint density at radius 3 is 2.38 bits per heavy atom. The molecule has 2 aromatic carbocycles. The van der Waals surface area contributed by atoms with Gasteiger partial charge in [-0.3, -0.25) is 4.99 Å². The lowest BCUT2D eigenvalue weighted by molar-refractivity contribution is 0.414. The van der Waals surface area contributed by atoms with E-state index in [4.69, 9.17) is 4.74 Å². The molecule has 4 nitrogen and oxygen atoms in total. The molecule has 130 valence electrons. The van der Waals surface area contributed by atoms with Crippen molar-refractivity contribution in [2.45, 2.75) is 11.4 Å². The number of rotatable bonds is 7. The van der Waals surface area contributed by atoms with Gasteiger partial charge in [-0.25, -0.2) is 0 Å². The third-order valence-electron chi connectivity index (χ3n) is 3.25. The maximum atomic E-state index is 5.16. The van der Waals surface area contributed by atoms with Crippen LogP contribution in [-0.2, 0) is 6.54 Å². The zero-order chi connectivity index (χ0) is 16.3. The average Bonchev–Trinajstić information content (AvgIpc) is 2.62. The molecule has 0 saturated carbocycles. The van der Waals surface area contributed by atoms with Gasteiger partial charge in [0.1, 0.15) is 5.75 Å². The second-order valence-electron chi connectivity index (χ2n) is 4.86. The van der Waals surface area contributed by atoms with Gasteiger partial charge in [0.2, 0.25) is 0 Å². The van der Waals surface area contributed by atoms with Gasteiger partial charge in [-0.05, 0) is 29.8 Å². The van der Waals surface area contributed by atoms with E-state index in [9.17, 15) is 0 Å². The highest BCUT2D eigenvalue weighted by Crippen LogP contribution is 2.15. The Kier molecular flexibility index (Phi) is 10.3. The molecule has 2 N–H and O–H groups in total. The molecular formula is C18H24IN3OS. The third kappa shape index (κ3) is 7.44. The fourth-order valence-electron chi connectivity index (χ4n) is 2.00. The Balaban J connectivity index is 0.00000288. The van der Waals surface area contributed by atoms with Crippen LogP contribution >= 0.6 is 35.7 Å². The van der Waals surface area contributed by atoms with E-state index < -0.39 is 0 Å². The standard InChI is InChI=1S/C18H23N3OS.HI/c1-19-18(20-12-13-23-17-6-4-3-5-7-17)21-14-15-8-10-16(22-2)11-9-15;/h3-11H,12-14H2,1-2H3,(H2,19,20,21);1H. The van der Waals surface area contributed by atoms with Crippen molar-refractivity contribution in [1.29, 1.82) is 0 Å². The smallest absolute Gasteiger partial charge is 0.191 e. The van der Waals surface area contributed by atoms with Crippen LogP contribution in [-0.4, -0.2) is 32.4 Å². The molecule has 0 atom stereocenters. The maximum absolute atomic E-state index is 5.16. The first-order valence-electron chi connectivity index (χ1n) is 7.57. The van der Waals surface area contributed by atoms with Crippen LogP contribution in [0.5, 0.6) is 5.75 Å². The number of methoxy groups -OCH3 is 1. The summed E-state index contributed by atoms with van der Waals surface area (Å²) in [6.45, 7) is 1.59. The predicted octanol–water partition coefficient (Wildman–Crippen LogP) is 3.77. The molecule has 24 heavy (non-hydrogen) atoms. The van der Waals surface area contributed by atoms with Crippen LogP contribution in [0.1, 0.15) is 5.56 Å². The van der Waals surface area contributed by atoms with E-state index in [-0.39, 0.29) is 24.0 Å². The molecule has 2 rings (SSSR count). The van der Waals surface area contributed by atoms with Gasteiger partial charge < -0.3 is 15.4 Å². The van der Waals surface area contributed by atoms with Crippen LogP contribution in [0.15, 0.2) is 64.5 Å². The molecule has 2 aromatic rings. The summed E-state index contributed by atoms with van der Waals surface area (Å²) >= 11 is 1.83. The van der Waals surface area contributed by atoms with Crippen LogP contribution < -0.4 is 15.4 Å². The lowest BCUT2D eigenvalue weighted by Crippen LogP contribution is -2.37. The van der Waals surface area contributed by atoms with Gasteiger partial charge in [0.25, 0.3) is 0 Å². The van der Waals surface area contributed by atoms with E-state index in [1.165, 1.54) is 10.5 Å². The van der Waals surface area contributed by atoms with Gasteiger partial charge in [-0.15, -0.1) is 35.7 Å². The molecule has 0 fully saturated rings. The van der Waals surface area contributed by atoms with Crippen LogP contribution in [0.4, 0.5) is 0 Å². The summed E-state index contributed by atoms with van der Waals surface area (Å²) in [7, 11) is 3.46. The molecule has 0 aromatic heterocycles. The number of guanidine groups is 1. The zero-order valence-electron chi connectivity index (χ0n) is 14.0. The molecule has 0 aliphatic rings. The van der Waals surface area contributed by atoms with Gasteiger partial charge in [-0.1, -0.05) is 30.3 Å². The molecule has 6 heteroatoms. The molecule has 0 aliphatic heterocycles. The van der Waals surface area contributed by atoms with Crippen LogP contribution in [0.25, 0.3) is 0 Å². The first kappa shape index (κ1) is 20.6. The number of ether oxygens (including phenoxy) is 1. The Hall–Kier alpha value is -1.41. The molecule has 0 bridgehead atoms. The Bertz CT molecular complexity index is 605. The molecule has 0 heterocycles. The summed E-state index contributed by atoms with van der Waals surface area (Å²) < 4.78 is 5.16. The van der Waals surface area contributed by atoms with Gasteiger partial charge in [0, 0.05) is 30.8 Å². The first-order valence-corrected chi connectivity index (χ1v) is 8.55. The van der Waals surface area contributed by atoms with Crippen molar-refractivity contribution in [2.75, 3.05) is 26.5 Å². The second-order valence-corrected chi connectivity index (χ2v) is 6.03. The topological polar surface area (TPSA) is 45.7 Å². The fourth-order valence-corrected chi connectivity index (χ4v) is 2.79. The van der Waals surface area contributed by atoms with Crippen molar-refractivity contribution in [3.05, 3.63) is 60.2 Å². The van der Waals surface area contributed by atoms with Crippen molar-refractivity contribution in [2.24, 2.45) is 4.99 Å².